The van der Waals surface area contributed by atoms with E-state index in [0.29, 0.717) is 5.92 Å². The molecule has 0 atom stereocenters. The Balaban J connectivity index is 1.72. The number of aryl methyl sites for hydroxylation is 2. The molecule has 0 unspecified atom stereocenters. The van der Waals surface area contributed by atoms with Crippen LogP contribution in [0.4, 0.5) is 11.6 Å². The summed E-state index contributed by atoms with van der Waals surface area (Å²) in [6, 6.07) is 4.02. The Morgan fingerprint density at radius 1 is 1.09 bits per heavy atom. The standard InChI is InChI=1S/C17H24N6/c1-12-11-16(22(3)4)21-17(19-12)14-6-9-23(10-7-14)15-5-8-18-13(2)20-15/h5,8,11,14H,6-7,9-10H2,1-4H3. The van der Waals surface area contributed by atoms with Crippen molar-refractivity contribution >= 4 is 11.6 Å². The number of aromatic nitrogens is 4. The second-order valence-electron chi connectivity index (χ2n) is 6.34. The molecule has 0 amide bonds. The van der Waals surface area contributed by atoms with E-state index in [2.05, 4.69) is 19.9 Å². The fraction of sp³-hybridized carbons (Fsp3) is 0.529. The topological polar surface area (TPSA) is 58.0 Å². The highest BCUT2D eigenvalue weighted by atomic mass is 15.2. The van der Waals surface area contributed by atoms with Gasteiger partial charge in [-0.3, -0.25) is 0 Å². The van der Waals surface area contributed by atoms with Gasteiger partial charge in [-0.15, -0.1) is 0 Å². The van der Waals surface area contributed by atoms with Gasteiger partial charge >= 0.3 is 0 Å². The molecule has 2 aromatic rings. The van der Waals surface area contributed by atoms with Crippen molar-refractivity contribution in [1.29, 1.82) is 0 Å². The minimum atomic E-state index is 0.424. The zero-order valence-corrected chi connectivity index (χ0v) is 14.3. The van der Waals surface area contributed by atoms with E-state index in [1.807, 2.05) is 51.2 Å². The van der Waals surface area contributed by atoms with Crippen molar-refractivity contribution in [2.45, 2.75) is 32.6 Å². The van der Waals surface area contributed by atoms with E-state index in [-0.39, 0.29) is 0 Å². The molecule has 23 heavy (non-hydrogen) atoms. The first-order valence-corrected chi connectivity index (χ1v) is 8.10. The maximum Gasteiger partial charge on any atom is 0.134 e. The highest BCUT2D eigenvalue weighted by Gasteiger charge is 2.24. The number of hydrogen-bond acceptors (Lipinski definition) is 6. The van der Waals surface area contributed by atoms with Crippen molar-refractivity contribution in [2.75, 3.05) is 37.0 Å². The van der Waals surface area contributed by atoms with Gasteiger partial charge in [0.2, 0.25) is 0 Å². The lowest BCUT2D eigenvalue weighted by molar-refractivity contribution is 0.482. The lowest BCUT2D eigenvalue weighted by Gasteiger charge is -2.32. The SMILES string of the molecule is Cc1cc(N(C)C)nc(C2CCN(c3ccnc(C)n3)CC2)n1. The molecule has 1 aliphatic heterocycles. The summed E-state index contributed by atoms with van der Waals surface area (Å²) in [4.78, 5) is 22.5. The van der Waals surface area contributed by atoms with Gasteiger partial charge in [-0.2, -0.15) is 0 Å². The zero-order chi connectivity index (χ0) is 16.4. The van der Waals surface area contributed by atoms with Crippen LogP contribution in [0.25, 0.3) is 0 Å². The van der Waals surface area contributed by atoms with Crippen LogP contribution in [0.2, 0.25) is 0 Å². The van der Waals surface area contributed by atoms with Gasteiger partial charge in [0.25, 0.3) is 0 Å². The highest BCUT2D eigenvalue weighted by molar-refractivity contribution is 5.40. The van der Waals surface area contributed by atoms with E-state index in [4.69, 9.17) is 4.98 Å². The van der Waals surface area contributed by atoms with Gasteiger partial charge in [0.05, 0.1) is 0 Å². The van der Waals surface area contributed by atoms with Crippen LogP contribution >= 0.6 is 0 Å². The molecule has 2 aromatic heterocycles. The summed E-state index contributed by atoms with van der Waals surface area (Å²) in [5.74, 6) is 4.23. The van der Waals surface area contributed by atoms with Crippen molar-refractivity contribution in [2.24, 2.45) is 0 Å². The van der Waals surface area contributed by atoms with Crippen molar-refractivity contribution in [3.05, 3.63) is 35.7 Å². The number of piperidine rings is 1. The van der Waals surface area contributed by atoms with Gasteiger partial charge in [0.15, 0.2) is 0 Å². The summed E-state index contributed by atoms with van der Waals surface area (Å²) >= 11 is 0. The van der Waals surface area contributed by atoms with Crippen LogP contribution in [0.1, 0.15) is 36.1 Å². The molecule has 6 nitrogen and oxygen atoms in total. The predicted molar refractivity (Wildman–Crippen MR) is 92.1 cm³/mol. The van der Waals surface area contributed by atoms with E-state index < -0.39 is 0 Å². The molecular formula is C17H24N6. The summed E-state index contributed by atoms with van der Waals surface area (Å²) in [5.41, 5.74) is 1.03. The third-order valence-electron chi connectivity index (χ3n) is 4.26. The molecule has 1 fully saturated rings. The first kappa shape index (κ1) is 15.6. The first-order chi connectivity index (χ1) is 11.0. The Bertz CT molecular complexity index is 677. The summed E-state index contributed by atoms with van der Waals surface area (Å²) in [6.45, 7) is 5.93. The Morgan fingerprint density at radius 2 is 1.83 bits per heavy atom. The van der Waals surface area contributed by atoms with E-state index in [9.17, 15) is 0 Å². The van der Waals surface area contributed by atoms with E-state index in [1.165, 1.54) is 0 Å². The van der Waals surface area contributed by atoms with E-state index >= 15 is 0 Å². The van der Waals surface area contributed by atoms with E-state index in [0.717, 1.165) is 54.9 Å². The minimum absolute atomic E-state index is 0.424. The monoisotopic (exact) mass is 312 g/mol. The second-order valence-corrected chi connectivity index (χ2v) is 6.34. The number of hydrogen-bond donors (Lipinski definition) is 0. The van der Waals surface area contributed by atoms with Crippen LogP contribution in [0.3, 0.4) is 0 Å². The largest absolute Gasteiger partial charge is 0.363 e. The van der Waals surface area contributed by atoms with Gasteiger partial charge in [0, 0.05) is 51.1 Å². The lowest BCUT2D eigenvalue weighted by Crippen LogP contribution is -2.34. The van der Waals surface area contributed by atoms with Gasteiger partial charge < -0.3 is 9.80 Å². The third kappa shape index (κ3) is 3.57. The van der Waals surface area contributed by atoms with Crippen LogP contribution in [-0.2, 0) is 0 Å². The molecule has 0 aliphatic carbocycles. The zero-order valence-electron chi connectivity index (χ0n) is 14.3. The summed E-state index contributed by atoms with van der Waals surface area (Å²) in [7, 11) is 4.04. The Labute approximate surface area is 137 Å². The summed E-state index contributed by atoms with van der Waals surface area (Å²) < 4.78 is 0. The van der Waals surface area contributed by atoms with Crippen molar-refractivity contribution in [1.82, 2.24) is 19.9 Å². The molecule has 0 aromatic carbocycles. The molecule has 122 valence electrons. The highest BCUT2D eigenvalue weighted by Crippen LogP contribution is 2.28. The van der Waals surface area contributed by atoms with Crippen LogP contribution in [0.5, 0.6) is 0 Å². The Kier molecular flexibility index (Phi) is 4.41. The predicted octanol–water partition coefficient (Wildman–Crippen LogP) is 2.33. The van der Waals surface area contributed by atoms with Crippen molar-refractivity contribution in [3.8, 4) is 0 Å². The molecule has 0 N–H and O–H groups in total. The molecule has 3 heterocycles. The Hall–Kier alpha value is -2.24. The van der Waals surface area contributed by atoms with Crippen LogP contribution in [0, 0.1) is 13.8 Å². The third-order valence-corrected chi connectivity index (χ3v) is 4.26. The molecule has 3 rings (SSSR count). The number of anilines is 2. The average Bonchev–Trinajstić information content (AvgIpc) is 2.54. The number of rotatable bonds is 3. The van der Waals surface area contributed by atoms with Gasteiger partial charge in [-0.05, 0) is 32.8 Å². The van der Waals surface area contributed by atoms with Crippen LogP contribution in [0.15, 0.2) is 18.3 Å². The smallest absolute Gasteiger partial charge is 0.134 e. The van der Waals surface area contributed by atoms with Gasteiger partial charge in [-0.1, -0.05) is 0 Å². The molecule has 0 bridgehead atoms. The van der Waals surface area contributed by atoms with Gasteiger partial charge in [0.1, 0.15) is 23.3 Å². The quantitative estimate of drug-likeness (QED) is 0.867. The molecular weight excluding hydrogens is 288 g/mol. The fourth-order valence-corrected chi connectivity index (χ4v) is 2.97. The summed E-state index contributed by atoms with van der Waals surface area (Å²) in [6.07, 6.45) is 3.94. The maximum absolute atomic E-state index is 4.74. The van der Waals surface area contributed by atoms with Crippen LogP contribution in [-0.4, -0.2) is 47.1 Å². The summed E-state index contributed by atoms with van der Waals surface area (Å²) in [5, 5.41) is 0. The lowest BCUT2D eigenvalue weighted by atomic mass is 9.96. The molecule has 6 heteroatoms. The molecule has 0 saturated carbocycles. The first-order valence-electron chi connectivity index (χ1n) is 8.10. The van der Waals surface area contributed by atoms with Crippen LogP contribution < -0.4 is 9.80 Å². The maximum atomic E-state index is 4.74. The molecule has 1 aliphatic rings. The number of nitrogens with zero attached hydrogens (tertiary/aromatic N) is 6. The van der Waals surface area contributed by atoms with E-state index in [1.54, 1.807) is 0 Å². The molecule has 0 spiro atoms. The molecule has 0 radical (unpaired) electrons. The van der Waals surface area contributed by atoms with Crippen molar-refractivity contribution in [3.63, 3.8) is 0 Å². The molecule has 1 saturated heterocycles. The minimum Gasteiger partial charge on any atom is -0.363 e. The van der Waals surface area contributed by atoms with Crippen molar-refractivity contribution < 1.29 is 0 Å². The fourth-order valence-electron chi connectivity index (χ4n) is 2.97. The second kappa shape index (κ2) is 6.48. The average molecular weight is 312 g/mol. The Morgan fingerprint density at radius 3 is 2.48 bits per heavy atom. The normalized spacial score (nSPS) is 15.7. The van der Waals surface area contributed by atoms with Gasteiger partial charge in [-0.25, -0.2) is 19.9 Å².